The van der Waals surface area contributed by atoms with Crippen LogP contribution in [0.3, 0.4) is 0 Å². The van der Waals surface area contributed by atoms with Crippen LogP contribution in [0.2, 0.25) is 0 Å². The van der Waals surface area contributed by atoms with E-state index in [9.17, 15) is 13.2 Å². The highest BCUT2D eigenvalue weighted by molar-refractivity contribution is 7.91. The lowest BCUT2D eigenvalue weighted by atomic mass is 9.82. The second-order valence-electron chi connectivity index (χ2n) is 5.77. The number of methoxy groups -OCH3 is 1. The summed E-state index contributed by atoms with van der Waals surface area (Å²) in [4.78, 5) is 10.8. The fourth-order valence-corrected chi connectivity index (χ4v) is 3.58. The number of ether oxygens (including phenoxy) is 1. The molecule has 130 valence electrons. The smallest absolute Gasteiger partial charge is 0.313 e. The van der Waals surface area contributed by atoms with Gasteiger partial charge in [-0.1, -0.05) is 6.07 Å². The van der Waals surface area contributed by atoms with Gasteiger partial charge >= 0.3 is 6.03 Å². The second-order valence-corrected chi connectivity index (χ2v) is 7.73. The van der Waals surface area contributed by atoms with Crippen LogP contribution >= 0.6 is 0 Å². The first-order chi connectivity index (χ1) is 11.2. The molecule has 0 atom stereocenters. The molecule has 0 aliphatic carbocycles. The molecule has 7 nitrogen and oxygen atoms in total. The van der Waals surface area contributed by atoms with E-state index in [2.05, 4.69) is 5.32 Å². The summed E-state index contributed by atoms with van der Waals surface area (Å²) < 4.78 is 35.6. The van der Waals surface area contributed by atoms with Crippen molar-refractivity contribution in [3.63, 3.8) is 0 Å². The van der Waals surface area contributed by atoms with Gasteiger partial charge in [0.1, 0.15) is 22.3 Å². The van der Waals surface area contributed by atoms with Gasteiger partial charge < -0.3 is 20.2 Å². The molecule has 2 amide bonds. The Hall–Kier alpha value is -2.48. The predicted molar refractivity (Wildman–Crippen MR) is 88.6 cm³/mol. The molecule has 0 spiro atoms. The molecule has 2 rings (SSSR count). The number of carbonyl (C=O) groups is 1. The van der Waals surface area contributed by atoms with Crippen molar-refractivity contribution in [2.24, 2.45) is 5.73 Å². The van der Waals surface area contributed by atoms with Gasteiger partial charge in [0.2, 0.25) is 0 Å². The van der Waals surface area contributed by atoms with Crippen molar-refractivity contribution in [2.75, 3.05) is 13.0 Å². The van der Waals surface area contributed by atoms with Gasteiger partial charge in [0, 0.05) is 5.41 Å². The van der Waals surface area contributed by atoms with Gasteiger partial charge in [-0.3, -0.25) is 0 Å². The number of carbonyl (C=O) groups excluding carboxylic acids is 1. The number of hydrogen-bond donors (Lipinski definition) is 2. The molecule has 0 aliphatic rings. The first-order valence-corrected chi connectivity index (χ1v) is 8.82. The summed E-state index contributed by atoms with van der Waals surface area (Å²) in [6.45, 7) is 3.84. The van der Waals surface area contributed by atoms with E-state index in [0.29, 0.717) is 5.76 Å². The molecule has 0 radical (unpaired) electrons. The molecule has 3 N–H and O–H groups in total. The quantitative estimate of drug-likeness (QED) is 0.826. The van der Waals surface area contributed by atoms with Crippen LogP contribution in [-0.4, -0.2) is 27.4 Å². The lowest BCUT2D eigenvalue weighted by Gasteiger charge is -2.24. The maximum atomic E-state index is 12.5. The molecule has 24 heavy (non-hydrogen) atoms. The summed E-state index contributed by atoms with van der Waals surface area (Å²) in [5, 5.41) is 2.10. The second kappa shape index (κ2) is 6.56. The topological polar surface area (TPSA) is 112 Å². The summed E-state index contributed by atoms with van der Waals surface area (Å²) in [5.41, 5.74) is 5.14. The summed E-state index contributed by atoms with van der Waals surface area (Å²) in [6, 6.07) is 7.57. The fourth-order valence-electron chi connectivity index (χ4n) is 2.33. The highest BCUT2D eigenvalue weighted by atomic mass is 32.2. The lowest BCUT2D eigenvalue weighted by Crippen LogP contribution is -2.34. The Morgan fingerprint density at radius 1 is 1.33 bits per heavy atom. The number of hydrogen-bond acceptors (Lipinski definition) is 5. The number of sulfone groups is 1. The van der Waals surface area contributed by atoms with E-state index < -0.39 is 27.2 Å². The molecule has 1 aromatic carbocycles. The first-order valence-electron chi connectivity index (χ1n) is 7.17. The van der Waals surface area contributed by atoms with Gasteiger partial charge in [-0.15, -0.1) is 0 Å². The van der Waals surface area contributed by atoms with E-state index >= 15 is 0 Å². The number of primary amides is 1. The van der Waals surface area contributed by atoms with E-state index in [4.69, 9.17) is 14.9 Å². The standard InChI is InChI=1S/C16H20N2O5S/c1-16(2,14-5-4-8-23-14)11-6-7-12(22-3)13(9-11)24(20,21)10-18-15(17)19/h4-9H,10H2,1-3H3,(H3,17,18,19). The molecular weight excluding hydrogens is 332 g/mol. The van der Waals surface area contributed by atoms with Crippen molar-refractivity contribution < 1.29 is 22.4 Å². The molecule has 0 saturated carbocycles. The average molecular weight is 352 g/mol. The number of furan rings is 1. The highest BCUT2D eigenvalue weighted by Crippen LogP contribution is 2.35. The number of rotatable bonds is 6. The van der Waals surface area contributed by atoms with Gasteiger partial charge in [0.05, 0.1) is 13.4 Å². The van der Waals surface area contributed by atoms with Crippen LogP contribution < -0.4 is 15.8 Å². The summed E-state index contributed by atoms with van der Waals surface area (Å²) >= 11 is 0. The Balaban J connectivity index is 2.50. The SMILES string of the molecule is COc1ccc(C(C)(C)c2ccco2)cc1S(=O)(=O)CNC(N)=O. The van der Waals surface area contributed by atoms with Crippen LogP contribution in [0.5, 0.6) is 5.75 Å². The van der Waals surface area contributed by atoms with Gasteiger partial charge in [0.25, 0.3) is 0 Å². The Kier molecular flexibility index (Phi) is 4.88. The third-order valence-electron chi connectivity index (χ3n) is 3.79. The van der Waals surface area contributed by atoms with E-state index in [1.807, 2.05) is 19.9 Å². The molecule has 0 saturated heterocycles. The van der Waals surface area contributed by atoms with Crippen molar-refractivity contribution in [2.45, 2.75) is 24.2 Å². The monoisotopic (exact) mass is 352 g/mol. The summed E-state index contributed by atoms with van der Waals surface area (Å²) in [5.74, 6) is 0.287. The van der Waals surface area contributed by atoms with Crippen LogP contribution in [0, 0.1) is 0 Å². The maximum absolute atomic E-state index is 12.5. The van der Waals surface area contributed by atoms with Crippen LogP contribution in [0.25, 0.3) is 0 Å². The Morgan fingerprint density at radius 2 is 2.04 bits per heavy atom. The molecule has 0 aliphatic heterocycles. The lowest BCUT2D eigenvalue weighted by molar-refractivity contribution is 0.250. The zero-order valence-corrected chi connectivity index (χ0v) is 14.5. The number of nitrogens with two attached hydrogens (primary N) is 1. The minimum absolute atomic E-state index is 0.0177. The molecule has 0 bridgehead atoms. The van der Waals surface area contributed by atoms with Crippen molar-refractivity contribution in [3.05, 3.63) is 47.9 Å². The number of benzene rings is 1. The van der Waals surface area contributed by atoms with Crippen molar-refractivity contribution in [1.82, 2.24) is 5.32 Å². The van der Waals surface area contributed by atoms with Gasteiger partial charge in [0.15, 0.2) is 9.84 Å². The summed E-state index contributed by atoms with van der Waals surface area (Å²) in [7, 11) is -2.44. The minimum atomic E-state index is -3.82. The molecule has 0 fully saturated rings. The molecular formula is C16H20N2O5S. The van der Waals surface area contributed by atoms with Crippen LogP contribution in [0.4, 0.5) is 4.79 Å². The van der Waals surface area contributed by atoms with E-state index in [1.165, 1.54) is 13.2 Å². The third-order valence-corrected chi connectivity index (χ3v) is 5.31. The van der Waals surface area contributed by atoms with E-state index in [0.717, 1.165) is 5.56 Å². The van der Waals surface area contributed by atoms with Crippen molar-refractivity contribution >= 4 is 15.9 Å². The average Bonchev–Trinajstić information content (AvgIpc) is 3.07. The first kappa shape index (κ1) is 17.9. The van der Waals surface area contributed by atoms with Crippen LogP contribution in [0.1, 0.15) is 25.2 Å². The molecule has 1 heterocycles. The molecule has 1 aromatic heterocycles. The predicted octanol–water partition coefficient (Wildman–Crippen LogP) is 2.01. The normalized spacial score (nSPS) is 12.0. The Morgan fingerprint density at radius 3 is 2.58 bits per heavy atom. The van der Waals surface area contributed by atoms with E-state index in [-0.39, 0.29) is 10.6 Å². The zero-order valence-electron chi connectivity index (χ0n) is 13.7. The third kappa shape index (κ3) is 3.53. The Labute approximate surface area is 140 Å². The number of amides is 2. The van der Waals surface area contributed by atoms with Crippen LogP contribution in [-0.2, 0) is 15.3 Å². The Bertz CT molecular complexity index is 826. The van der Waals surface area contributed by atoms with Crippen molar-refractivity contribution in [3.8, 4) is 5.75 Å². The molecule has 8 heteroatoms. The largest absolute Gasteiger partial charge is 0.495 e. The highest BCUT2D eigenvalue weighted by Gasteiger charge is 2.29. The molecule has 2 aromatic rings. The molecule has 0 unspecified atom stereocenters. The van der Waals surface area contributed by atoms with E-state index in [1.54, 1.807) is 24.5 Å². The van der Waals surface area contributed by atoms with Gasteiger partial charge in [-0.2, -0.15) is 0 Å². The number of nitrogens with one attached hydrogen (secondary N) is 1. The fraction of sp³-hybridized carbons (Fsp3) is 0.312. The minimum Gasteiger partial charge on any atom is -0.495 e. The number of urea groups is 1. The van der Waals surface area contributed by atoms with Gasteiger partial charge in [-0.25, -0.2) is 13.2 Å². The summed E-state index contributed by atoms with van der Waals surface area (Å²) in [6.07, 6.45) is 1.56. The van der Waals surface area contributed by atoms with Crippen molar-refractivity contribution in [1.29, 1.82) is 0 Å². The maximum Gasteiger partial charge on any atom is 0.313 e. The van der Waals surface area contributed by atoms with Gasteiger partial charge in [-0.05, 0) is 43.7 Å². The zero-order chi connectivity index (χ0) is 18.0. The van der Waals surface area contributed by atoms with Crippen LogP contribution in [0.15, 0.2) is 45.9 Å².